The van der Waals surface area contributed by atoms with Crippen LogP contribution < -0.4 is 5.32 Å². The molecule has 0 aliphatic heterocycles. The number of benzene rings is 2. The quantitative estimate of drug-likeness (QED) is 0.891. The molecule has 0 saturated heterocycles. The molecular formula is C19H22N2O2. The van der Waals surface area contributed by atoms with E-state index < -0.39 is 0 Å². The molecule has 0 fully saturated rings. The highest BCUT2D eigenvalue weighted by Gasteiger charge is 2.11. The molecule has 0 atom stereocenters. The number of nitrogens with one attached hydrogen (secondary N) is 1. The Bertz CT molecular complexity index is 651. The highest BCUT2D eigenvalue weighted by Crippen LogP contribution is 2.07. The third-order valence-electron chi connectivity index (χ3n) is 3.71. The second-order valence-electron chi connectivity index (χ2n) is 5.47. The SMILES string of the molecule is CCc1ccc(CN(C)C(=O)CNC(=O)c2ccccc2)cc1. The molecule has 0 aromatic heterocycles. The Morgan fingerprint density at radius 1 is 0.957 bits per heavy atom. The molecule has 0 unspecified atom stereocenters. The van der Waals surface area contributed by atoms with Gasteiger partial charge in [-0.15, -0.1) is 0 Å². The molecule has 2 aromatic rings. The summed E-state index contributed by atoms with van der Waals surface area (Å²) in [5.41, 5.74) is 2.91. The van der Waals surface area contributed by atoms with Crippen molar-refractivity contribution in [1.29, 1.82) is 0 Å². The highest BCUT2D eigenvalue weighted by molar-refractivity contribution is 5.96. The third kappa shape index (κ3) is 4.95. The first-order valence-electron chi connectivity index (χ1n) is 7.75. The van der Waals surface area contributed by atoms with Gasteiger partial charge in [0.25, 0.3) is 5.91 Å². The van der Waals surface area contributed by atoms with Crippen molar-refractivity contribution in [2.45, 2.75) is 19.9 Å². The monoisotopic (exact) mass is 310 g/mol. The molecule has 0 aliphatic rings. The van der Waals surface area contributed by atoms with E-state index in [-0.39, 0.29) is 18.4 Å². The van der Waals surface area contributed by atoms with E-state index in [0.717, 1.165) is 12.0 Å². The number of amides is 2. The maximum atomic E-state index is 12.1. The Kier molecular flexibility index (Phi) is 5.92. The van der Waals surface area contributed by atoms with Crippen LogP contribution >= 0.6 is 0 Å². The Labute approximate surface area is 137 Å². The van der Waals surface area contributed by atoms with Gasteiger partial charge in [0.2, 0.25) is 5.91 Å². The van der Waals surface area contributed by atoms with Crippen LogP contribution in [0.1, 0.15) is 28.4 Å². The second kappa shape index (κ2) is 8.13. The molecule has 2 aromatic carbocycles. The van der Waals surface area contributed by atoms with Crippen LogP contribution in [-0.4, -0.2) is 30.3 Å². The minimum atomic E-state index is -0.236. The molecular weight excluding hydrogens is 288 g/mol. The van der Waals surface area contributed by atoms with Gasteiger partial charge in [0, 0.05) is 19.2 Å². The van der Waals surface area contributed by atoms with E-state index in [1.54, 1.807) is 36.2 Å². The standard InChI is InChI=1S/C19H22N2O2/c1-3-15-9-11-16(12-10-15)14-21(2)18(22)13-20-19(23)17-7-5-4-6-8-17/h4-12H,3,13-14H2,1-2H3,(H,20,23). The zero-order valence-corrected chi connectivity index (χ0v) is 13.6. The summed E-state index contributed by atoms with van der Waals surface area (Å²) in [6.07, 6.45) is 1.00. The number of hydrogen-bond donors (Lipinski definition) is 1. The van der Waals surface area contributed by atoms with Gasteiger partial charge in [-0.25, -0.2) is 0 Å². The lowest BCUT2D eigenvalue weighted by Gasteiger charge is -2.18. The van der Waals surface area contributed by atoms with Gasteiger partial charge in [0.15, 0.2) is 0 Å². The van der Waals surface area contributed by atoms with E-state index in [1.165, 1.54) is 5.56 Å². The molecule has 4 heteroatoms. The Morgan fingerprint density at radius 3 is 2.17 bits per heavy atom. The zero-order chi connectivity index (χ0) is 16.7. The summed E-state index contributed by atoms with van der Waals surface area (Å²) in [6, 6.07) is 17.1. The van der Waals surface area contributed by atoms with Crippen LogP contribution in [0.5, 0.6) is 0 Å². The smallest absolute Gasteiger partial charge is 0.251 e. The lowest BCUT2D eigenvalue weighted by atomic mass is 10.1. The summed E-state index contributed by atoms with van der Waals surface area (Å²) in [5.74, 6) is -0.353. The van der Waals surface area contributed by atoms with E-state index in [0.29, 0.717) is 12.1 Å². The van der Waals surface area contributed by atoms with Gasteiger partial charge >= 0.3 is 0 Å². The number of nitrogens with zero attached hydrogens (tertiary/aromatic N) is 1. The van der Waals surface area contributed by atoms with Gasteiger partial charge in [-0.3, -0.25) is 9.59 Å². The van der Waals surface area contributed by atoms with Gasteiger partial charge in [-0.2, -0.15) is 0 Å². The van der Waals surface area contributed by atoms with Crippen LogP contribution in [0.15, 0.2) is 54.6 Å². The first-order valence-corrected chi connectivity index (χ1v) is 7.75. The van der Waals surface area contributed by atoms with Gasteiger partial charge in [0.05, 0.1) is 6.54 Å². The zero-order valence-electron chi connectivity index (χ0n) is 13.6. The number of carbonyl (C=O) groups excluding carboxylic acids is 2. The van der Waals surface area contributed by atoms with E-state index in [2.05, 4.69) is 24.4 Å². The number of carbonyl (C=O) groups is 2. The predicted octanol–water partition coefficient (Wildman–Crippen LogP) is 2.64. The Morgan fingerprint density at radius 2 is 1.57 bits per heavy atom. The lowest BCUT2D eigenvalue weighted by Crippen LogP contribution is -2.37. The first-order chi connectivity index (χ1) is 11.1. The fourth-order valence-electron chi connectivity index (χ4n) is 2.22. The Hall–Kier alpha value is -2.62. The van der Waals surface area contributed by atoms with E-state index >= 15 is 0 Å². The van der Waals surface area contributed by atoms with Crippen molar-refractivity contribution in [3.8, 4) is 0 Å². The van der Waals surface area contributed by atoms with Crippen molar-refractivity contribution in [3.05, 3.63) is 71.3 Å². The van der Waals surface area contributed by atoms with Crippen LogP contribution in [0.4, 0.5) is 0 Å². The fourth-order valence-corrected chi connectivity index (χ4v) is 2.22. The summed E-state index contributed by atoms with van der Waals surface area (Å²) >= 11 is 0. The molecule has 0 bridgehead atoms. The average molecular weight is 310 g/mol. The molecule has 0 saturated carbocycles. The van der Waals surface area contributed by atoms with E-state index in [9.17, 15) is 9.59 Å². The number of aryl methyl sites for hydroxylation is 1. The summed E-state index contributed by atoms with van der Waals surface area (Å²) in [6.45, 7) is 2.64. The lowest BCUT2D eigenvalue weighted by molar-refractivity contribution is -0.129. The molecule has 2 amide bonds. The van der Waals surface area contributed by atoms with Gasteiger partial charge < -0.3 is 10.2 Å². The van der Waals surface area contributed by atoms with E-state index in [1.807, 2.05) is 18.2 Å². The number of rotatable bonds is 6. The second-order valence-corrected chi connectivity index (χ2v) is 5.47. The largest absolute Gasteiger partial charge is 0.343 e. The van der Waals surface area contributed by atoms with Crippen LogP contribution in [0, 0.1) is 0 Å². The number of likely N-dealkylation sites (N-methyl/N-ethyl adjacent to an activating group) is 1. The Balaban J connectivity index is 1.83. The van der Waals surface area contributed by atoms with Crippen molar-refractivity contribution in [2.24, 2.45) is 0 Å². The van der Waals surface area contributed by atoms with Crippen molar-refractivity contribution >= 4 is 11.8 Å². The molecule has 1 N–H and O–H groups in total. The topological polar surface area (TPSA) is 49.4 Å². The normalized spacial score (nSPS) is 10.2. The van der Waals surface area contributed by atoms with E-state index in [4.69, 9.17) is 0 Å². The van der Waals surface area contributed by atoms with Gasteiger partial charge in [-0.1, -0.05) is 49.4 Å². The molecule has 120 valence electrons. The third-order valence-corrected chi connectivity index (χ3v) is 3.71. The molecule has 23 heavy (non-hydrogen) atoms. The minimum absolute atomic E-state index is 0.00271. The van der Waals surface area contributed by atoms with Gasteiger partial charge in [0.1, 0.15) is 0 Å². The molecule has 0 aliphatic carbocycles. The van der Waals surface area contributed by atoms with Crippen LogP contribution in [-0.2, 0) is 17.8 Å². The van der Waals surface area contributed by atoms with Crippen molar-refractivity contribution in [2.75, 3.05) is 13.6 Å². The predicted molar refractivity (Wildman–Crippen MR) is 91.1 cm³/mol. The maximum Gasteiger partial charge on any atom is 0.251 e. The minimum Gasteiger partial charge on any atom is -0.343 e. The van der Waals surface area contributed by atoms with Crippen LogP contribution in [0.3, 0.4) is 0 Å². The van der Waals surface area contributed by atoms with Gasteiger partial charge in [-0.05, 0) is 29.7 Å². The first kappa shape index (κ1) is 16.7. The fraction of sp³-hybridized carbons (Fsp3) is 0.263. The summed E-state index contributed by atoms with van der Waals surface area (Å²) in [4.78, 5) is 25.7. The highest BCUT2D eigenvalue weighted by atomic mass is 16.2. The van der Waals surface area contributed by atoms with Crippen molar-refractivity contribution in [3.63, 3.8) is 0 Å². The summed E-state index contributed by atoms with van der Waals surface area (Å²) in [5, 5.41) is 2.65. The summed E-state index contributed by atoms with van der Waals surface area (Å²) < 4.78 is 0. The van der Waals surface area contributed by atoms with Crippen molar-refractivity contribution < 1.29 is 9.59 Å². The van der Waals surface area contributed by atoms with Crippen LogP contribution in [0.2, 0.25) is 0 Å². The summed E-state index contributed by atoms with van der Waals surface area (Å²) in [7, 11) is 1.74. The molecule has 4 nitrogen and oxygen atoms in total. The molecule has 2 rings (SSSR count). The maximum absolute atomic E-state index is 12.1. The van der Waals surface area contributed by atoms with Crippen molar-refractivity contribution in [1.82, 2.24) is 10.2 Å². The number of hydrogen-bond acceptors (Lipinski definition) is 2. The molecule has 0 spiro atoms. The molecule has 0 heterocycles. The molecule has 0 radical (unpaired) electrons. The average Bonchev–Trinajstić information content (AvgIpc) is 2.60. The van der Waals surface area contributed by atoms with Crippen LogP contribution in [0.25, 0.3) is 0 Å².